The van der Waals surface area contributed by atoms with Crippen molar-refractivity contribution >= 4 is 15.7 Å². The van der Waals surface area contributed by atoms with Crippen LogP contribution in [0.1, 0.15) is 18.1 Å². The van der Waals surface area contributed by atoms with Gasteiger partial charge < -0.3 is 10.6 Å². The van der Waals surface area contributed by atoms with E-state index in [2.05, 4.69) is 27.2 Å². The number of rotatable bonds is 8. The summed E-state index contributed by atoms with van der Waals surface area (Å²) in [4.78, 5) is 2.72. The molecule has 0 bridgehead atoms. The lowest BCUT2D eigenvalue weighted by Crippen LogP contribution is -2.48. The average Bonchev–Trinajstić information content (AvgIpc) is 2.68. The molecule has 28 heavy (non-hydrogen) atoms. The van der Waals surface area contributed by atoms with Crippen LogP contribution < -0.4 is 15.4 Å². The Bertz CT molecular complexity index is 862. The number of aryl methyl sites for hydroxylation is 1. The van der Waals surface area contributed by atoms with Crippen molar-refractivity contribution in [3.63, 3.8) is 0 Å². The first-order valence-corrected chi connectivity index (χ1v) is 11.3. The molecule has 1 heterocycles. The molecule has 0 amide bonds. The molecule has 1 aliphatic heterocycles. The number of sulfonamides is 1. The first kappa shape index (κ1) is 20.8. The van der Waals surface area contributed by atoms with E-state index in [1.165, 1.54) is 0 Å². The molecular formula is C21H30N4O2S. The number of hydrogen-bond acceptors (Lipinski definition) is 5. The van der Waals surface area contributed by atoms with Gasteiger partial charge in [-0.3, -0.25) is 9.62 Å². The lowest BCUT2D eigenvalue weighted by atomic mass is 10.1. The van der Waals surface area contributed by atoms with E-state index in [0.717, 1.165) is 43.9 Å². The van der Waals surface area contributed by atoms with Crippen LogP contribution in [0, 0.1) is 6.92 Å². The molecule has 1 unspecified atom stereocenters. The van der Waals surface area contributed by atoms with E-state index in [4.69, 9.17) is 0 Å². The highest BCUT2D eigenvalue weighted by atomic mass is 32.2. The molecule has 1 aliphatic rings. The Morgan fingerprint density at radius 1 is 1.07 bits per heavy atom. The van der Waals surface area contributed by atoms with Crippen LogP contribution in [0.4, 0.5) is 5.69 Å². The third-order valence-electron chi connectivity index (χ3n) is 4.98. The molecule has 2 aromatic rings. The lowest BCUT2D eigenvalue weighted by molar-refractivity contribution is 0.219. The van der Waals surface area contributed by atoms with Crippen LogP contribution >= 0.6 is 0 Å². The Kier molecular flexibility index (Phi) is 7.07. The van der Waals surface area contributed by atoms with Gasteiger partial charge in [0, 0.05) is 45.3 Å². The van der Waals surface area contributed by atoms with Gasteiger partial charge in [0.2, 0.25) is 0 Å². The number of nitrogens with one attached hydrogen (secondary N) is 3. The predicted octanol–water partition coefficient (Wildman–Crippen LogP) is 2.18. The van der Waals surface area contributed by atoms with E-state index >= 15 is 0 Å². The number of hydrogen-bond donors (Lipinski definition) is 3. The minimum atomic E-state index is -3.61. The fraction of sp³-hybridized carbons (Fsp3) is 0.429. The Morgan fingerprint density at radius 3 is 2.46 bits per heavy atom. The molecule has 3 N–H and O–H groups in total. The molecule has 2 aromatic carbocycles. The summed E-state index contributed by atoms with van der Waals surface area (Å²) in [6, 6.07) is 14.7. The van der Waals surface area contributed by atoms with Gasteiger partial charge >= 0.3 is 0 Å². The van der Waals surface area contributed by atoms with E-state index in [0.29, 0.717) is 18.3 Å². The van der Waals surface area contributed by atoms with Gasteiger partial charge in [-0.2, -0.15) is 0 Å². The van der Waals surface area contributed by atoms with Crippen molar-refractivity contribution in [1.29, 1.82) is 0 Å². The van der Waals surface area contributed by atoms with Gasteiger partial charge in [-0.05, 0) is 37.6 Å². The molecule has 0 aliphatic carbocycles. The zero-order valence-electron chi connectivity index (χ0n) is 16.6. The van der Waals surface area contributed by atoms with Gasteiger partial charge in [0.1, 0.15) is 0 Å². The van der Waals surface area contributed by atoms with E-state index in [-0.39, 0.29) is 4.90 Å². The molecule has 152 valence electrons. The SMILES string of the molecule is Cc1ccc(S(=O)(=O)Nc2ccccc2CNC(C)CN2CCNCC2)cc1. The third kappa shape index (κ3) is 5.78. The zero-order chi connectivity index (χ0) is 20.0. The molecule has 1 atom stereocenters. The van der Waals surface area contributed by atoms with E-state index in [1.807, 2.05) is 31.2 Å². The monoisotopic (exact) mass is 402 g/mol. The van der Waals surface area contributed by atoms with Gasteiger partial charge in [-0.1, -0.05) is 35.9 Å². The summed E-state index contributed by atoms with van der Waals surface area (Å²) in [5.41, 5.74) is 2.58. The molecule has 3 rings (SSSR count). The van der Waals surface area contributed by atoms with Crippen molar-refractivity contribution in [2.24, 2.45) is 0 Å². The maximum atomic E-state index is 12.7. The number of anilines is 1. The minimum Gasteiger partial charge on any atom is -0.314 e. The van der Waals surface area contributed by atoms with E-state index < -0.39 is 10.0 Å². The summed E-state index contributed by atoms with van der Waals surface area (Å²) in [6.45, 7) is 9.91. The largest absolute Gasteiger partial charge is 0.314 e. The maximum absolute atomic E-state index is 12.7. The van der Waals surface area contributed by atoms with Crippen LogP contribution in [0.15, 0.2) is 53.4 Å². The van der Waals surface area contributed by atoms with Gasteiger partial charge in [0.25, 0.3) is 10.0 Å². The zero-order valence-corrected chi connectivity index (χ0v) is 17.4. The fourth-order valence-corrected chi connectivity index (χ4v) is 4.43. The van der Waals surface area contributed by atoms with Crippen LogP contribution in [0.2, 0.25) is 0 Å². The number of para-hydroxylation sites is 1. The van der Waals surface area contributed by atoms with Gasteiger partial charge in [0.15, 0.2) is 0 Å². The van der Waals surface area contributed by atoms with Crippen LogP contribution in [-0.4, -0.2) is 52.1 Å². The van der Waals surface area contributed by atoms with Crippen molar-refractivity contribution in [3.8, 4) is 0 Å². The third-order valence-corrected chi connectivity index (χ3v) is 6.36. The maximum Gasteiger partial charge on any atom is 0.261 e. The van der Waals surface area contributed by atoms with Crippen LogP contribution in [0.25, 0.3) is 0 Å². The highest BCUT2D eigenvalue weighted by Crippen LogP contribution is 2.20. The first-order valence-electron chi connectivity index (χ1n) is 9.78. The molecule has 6 nitrogen and oxygen atoms in total. The summed E-state index contributed by atoms with van der Waals surface area (Å²) in [5, 5.41) is 6.89. The normalized spacial score (nSPS) is 16.6. The molecule has 1 saturated heterocycles. The van der Waals surface area contributed by atoms with Gasteiger partial charge in [0.05, 0.1) is 10.6 Å². The minimum absolute atomic E-state index is 0.271. The molecule has 7 heteroatoms. The second-order valence-electron chi connectivity index (χ2n) is 7.41. The van der Waals surface area contributed by atoms with E-state index in [9.17, 15) is 8.42 Å². The summed E-state index contributed by atoms with van der Waals surface area (Å²) >= 11 is 0. The summed E-state index contributed by atoms with van der Waals surface area (Å²) < 4.78 is 28.2. The van der Waals surface area contributed by atoms with Crippen LogP contribution in [-0.2, 0) is 16.6 Å². The summed E-state index contributed by atoms with van der Waals surface area (Å²) in [5.74, 6) is 0. The highest BCUT2D eigenvalue weighted by molar-refractivity contribution is 7.92. The molecule has 0 radical (unpaired) electrons. The van der Waals surface area contributed by atoms with Crippen molar-refractivity contribution in [2.75, 3.05) is 37.4 Å². The topological polar surface area (TPSA) is 73.5 Å². The average molecular weight is 403 g/mol. The van der Waals surface area contributed by atoms with Crippen molar-refractivity contribution in [1.82, 2.24) is 15.5 Å². The van der Waals surface area contributed by atoms with Crippen LogP contribution in [0.5, 0.6) is 0 Å². The quantitative estimate of drug-likeness (QED) is 0.631. The number of benzene rings is 2. The predicted molar refractivity (Wildman–Crippen MR) is 114 cm³/mol. The molecule has 0 spiro atoms. The van der Waals surface area contributed by atoms with Gasteiger partial charge in [-0.15, -0.1) is 0 Å². The smallest absolute Gasteiger partial charge is 0.261 e. The molecular weight excluding hydrogens is 372 g/mol. The fourth-order valence-electron chi connectivity index (χ4n) is 3.32. The van der Waals surface area contributed by atoms with E-state index in [1.54, 1.807) is 24.3 Å². The van der Waals surface area contributed by atoms with Crippen molar-refractivity contribution in [2.45, 2.75) is 31.3 Å². The summed E-state index contributed by atoms with van der Waals surface area (Å²) in [6.07, 6.45) is 0. The first-order chi connectivity index (χ1) is 13.4. The Labute approximate surface area is 168 Å². The second-order valence-corrected chi connectivity index (χ2v) is 9.09. The Balaban J connectivity index is 1.63. The van der Waals surface area contributed by atoms with Crippen LogP contribution in [0.3, 0.4) is 0 Å². The number of nitrogens with zero attached hydrogens (tertiary/aromatic N) is 1. The van der Waals surface area contributed by atoms with Gasteiger partial charge in [-0.25, -0.2) is 8.42 Å². The lowest BCUT2D eigenvalue weighted by Gasteiger charge is -2.30. The van der Waals surface area contributed by atoms with Crippen molar-refractivity contribution < 1.29 is 8.42 Å². The Morgan fingerprint density at radius 2 is 1.75 bits per heavy atom. The standard InChI is InChI=1S/C21H30N4O2S/c1-17-7-9-20(10-8-17)28(26,27)24-21-6-4-3-5-19(21)15-23-18(2)16-25-13-11-22-12-14-25/h3-10,18,22-24H,11-16H2,1-2H3. The Hall–Kier alpha value is -1.93. The van der Waals surface area contributed by atoms with Crippen molar-refractivity contribution in [3.05, 3.63) is 59.7 Å². The molecule has 1 fully saturated rings. The molecule has 0 saturated carbocycles. The second kappa shape index (κ2) is 9.52. The highest BCUT2D eigenvalue weighted by Gasteiger charge is 2.17. The molecule has 0 aromatic heterocycles. The number of piperazine rings is 1. The summed E-state index contributed by atoms with van der Waals surface area (Å²) in [7, 11) is -3.61.